The van der Waals surface area contributed by atoms with Crippen molar-refractivity contribution < 1.29 is 0 Å². The maximum Gasteiger partial charge on any atom is 0.0610 e. The highest BCUT2D eigenvalue weighted by Crippen LogP contribution is 2.14. The quantitative estimate of drug-likeness (QED) is 0.711. The predicted molar refractivity (Wildman–Crippen MR) is 59.1 cm³/mol. The van der Waals surface area contributed by atoms with E-state index in [2.05, 4.69) is 47.5 Å². The van der Waals surface area contributed by atoms with Gasteiger partial charge >= 0.3 is 0 Å². The molecule has 1 aliphatic heterocycles. The molecule has 0 bridgehead atoms. The molecule has 0 saturated heterocycles. The summed E-state index contributed by atoms with van der Waals surface area (Å²) in [7, 11) is 0. The monoisotopic (exact) mass is 188 g/mol. The molecule has 0 N–H and O–H groups in total. The van der Waals surface area contributed by atoms with Crippen LogP contribution in [0.3, 0.4) is 0 Å². The number of nitrogens with zero attached hydrogens (tertiary/aromatic N) is 2. The Kier molecular flexibility index (Phi) is 2.82. The second-order valence-electron chi connectivity index (χ2n) is 3.77. The summed E-state index contributed by atoms with van der Waals surface area (Å²) in [6, 6.07) is 10.5. The number of benzene rings is 1. The molecule has 0 amide bonds. The molecule has 2 nitrogen and oxygen atoms in total. The lowest BCUT2D eigenvalue weighted by atomic mass is 10.1. The Hall–Kier alpha value is -1.31. The van der Waals surface area contributed by atoms with Crippen LogP contribution in [0, 0.1) is 5.92 Å². The van der Waals surface area contributed by atoms with Gasteiger partial charge in [0.2, 0.25) is 0 Å². The van der Waals surface area contributed by atoms with Gasteiger partial charge in [-0.1, -0.05) is 37.3 Å². The molecule has 2 heteroatoms. The molecule has 0 aliphatic carbocycles. The Balaban J connectivity index is 1.92. The van der Waals surface area contributed by atoms with Gasteiger partial charge < -0.3 is 0 Å². The SMILES string of the molecule is CCC1C=NN(Cc2ccccc2)C1. The van der Waals surface area contributed by atoms with E-state index in [-0.39, 0.29) is 0 Å². The molecule has 0 saturated carbocycles. The third kappa shape index (κ3) is 2.13. The summed E-state index contributed by atoms with van der Waals surface area (Å²) >= 11 is 0. The maximum absolute atomic E-state index is 4.39. The molecule has 1 aromatic rings. The van der Waals surface area contributed by atoms with Crippen LogP contribution in [0.25, 0.3) is 0 Å². The summed E-state index contributed by atoms with van der Waals surface area (Å²) < 4.78 is 0. The first-order valence-corrected chi connectivity index (χ1v) is 5.21. The molecule has 1 aliphatic rings. The van der Waals surface area contributed by atoms with Crippen LogP contribution in [0.5, 0.6) is 0 Å². The van der Waals surface area contributed by atoms with Crippen molar-refractivity contribution >= 4 is 6.21 Å². The van der Waals surface area contributed by atoms with Gasteiger partial charge in [0.25, 0.3) is 0 Å². The molecule has 74 valence electrons. The van der Waals surface area contributed by atoms with E-state index in [1.807, 2.05) is 6.07 Å². The standard InChI is InChI=1S/C12H16N2/c1-2-11-8-13-14(9-11)10-12-6-4-3-5-7-12/h3-8,11H,2,9-10H2,1H3. The number of hydrogen-bond acceptors (Lipinski definition) is 2. The molecule has 0 spiro atoms. The van der Waals surface area contributed by atoms with Crippen LogP contribution in [0.1, 0.15) is 18.9 Å². The third-order valence-corrected chi connectivity index (χ3v) is 2.62. The highest BCUT2D eigenvalue weighted by atomic mass is 15.5. The van der Waals surface area contributed by atoms with Crippen LogP contribution in [0.4, 0.5) is 0 Å². The van der Waals surface area contributed by atoms with Crippen molar-refractivity contribution in [3.63, 3.8) is 0 Å². The van der Waals surface area contributed by atoms with Gasteiger partial charge in [-0.2, -0.15) is 5.10 Å². The Morgan fingerprint density at radius 1 is 1.36 bits per heavy atom. The molecule has 14 heavy (non-hydrogen) atoms. The van der Waals surface area contributed by atoms with Crippen molar-refractivity contribution in [1.82, 2.24) is 5.01 Å². The van der Waals surface area contributed by atoms with E-state index in [9.17, 15) is 0 Å². The Morgan fingerprint density at radius 3 is 2.79 bits per heavy atom. The van der Waals surface area contributed by atoms with Crippen molar-refractivity contribution in [2.75, 3.05) is 6.54 Å². The Labute approximate surface area is 85.2 Å². The van der Waals surface area contributed by atoms with Gasteiger partial charge in [0, 0.05) is 18.7 Å². The van der Waals surface area contributed by atoms with Crippen LogP contribution in [-0.4, -0.2) is 17.8 Å². The van der Waals surface area contributed by atoms with Crippen molar-refractivity contribution in [1.29, 1.82) is 0 Å². The molecule has 0 fully saturated rings. The lowest BCUT2D eigenvalue weighted by molar-refractivity contribution is 0.285. The minimum Gasteiger partial charge on any atom is -0.292 e. The molecular formula is C12H16N2. The third-order valence-electron chi connectivity index (χ3n) is 2.62. The summed E-state index contributed by atoms with van der Waals surface area (Å²) in [6.07, 6.45) is 3.26. The lowest BCUT2D eigenvalue weighted by Crippen LogP contribution is -2.17. The van der Waals surface area contributed by atoms with E-state index in [0.29, 0.717) is 5.92 Å². The second-order valence-corrected chi connectivity index (χ2v) is 3.77. The van der Waals surface area contributed by atoms with E-state index < -0.39 is 0 Å². The zero-order valence-electron chi connectivity index (χ0n) is 8.56. The van der Waals surface area contributed by atoms with Gasteiger partial charge in [-0.25, -0.2) is 0 Å². The summed E-state index contributed by atoms with van der Waals surface area (Å²) in [5.41, 5.74) is 1.33. The molecule has 2 rings (SSSR count). The van der Waals surface area contributed by atoms with E-state index in [0.717, 1.165) is 13.1 Å². The van der Waals surface area contributed by atoms with Crippen molar-refractivity contribution in [3.05, 3.63) is 35.9 Å². The topological polar surface area (TPSA) is 15.6 Å². The molecule has 1 unspecified atom stereocenters. The summed E-state index contributed by atoms with van der Waals surface area (Å²) in [6.45, 7) is 4.22. The van der Waals surface area contributed by atoms with E-state index in [1.54, 1.807) is 0 Å². The summed E-state index contributed by atoms with van der Waals surface area (Å²) in [5, 5.41) is 6.53. The average molecular weight is 188 g/mol. The van der Waals surface area contributed by atoms with Crippen LogP contribution < -0.4 is 0 Å². The first kappa shape index (κ1) is 9.25. The van der Waals surface area contributed by atoms with Gasteiger partial charge in [-0.15, -0.1) is 0 Å². The zero-order valence-corrected chi connectivity index (χ0v) is 8.56. The molecule has 0 aromatic heterocycles. The normalized spacial score (nSPS) is 20.4. The fourth-order valence-corrected chi connectivity index (χ4v) is 1.69. The molecule has 1 aromatic carbocycles. The minimum absolute atomic E-state index is 0.652. The van der Waals surface area contributed by atoms with Crippen LogP contribution >= 0.6 is 0 Å². The Morgan fingerprint density at radius 2 is 2.14 bits per heavy atom. The van der Waals surface area contributed by atoms with E-state index in [4.69, 9.17) is 0 Å². The van der Waals surface area contributed by atoms with Gasteiger partial charge in [0.05, 0.1) is 6.54 Å². The van der Waals surface area contributed by atoms with Crippen LogP contribution in [-0.2, 0) is 6.54 Å². The number of hydrogen-bond donors (Lipinski definition) is 0. The highest BCUT2D eigenvalue weighted by Gasteiger charge is 2.15. The smallest absolute Gasteiger partial charge is 0.0610 e. The largest absolute Gasteiger partial charge is 0.292 e. The highest BCUT2D eigenvalue weighted by molar-refractivity contribution is 5.62. The van der Waals surface area contributed by atoms with Crippen molar-refractivity contribution in [2.24, 2.45) is 11.0 Å². The molecule has 1 atom stereocenters. The predicted octanol–water partition coefficient (Wildman–Crippen LogP) is 2.51. The van der Waals surface area contributed by atoms with E-state index >= 15 is 0 Å². The van der Waals surface area contributed by atoms with Crippen molar-refractivity contribution in [2.45, 2.75) is 19.9 Å². The van der Waals surface area contributed by atoms with Gasteiger partial charge in [-0.05, 0) is 12.0 Å². The van der Waals surface area contributed by atoms with Gasteiger partial charge in [0.15, 0.2) is 0 Å². The van der Waals surface area contributed by atoms with Gasteiger partial charge in [-0.3, -0.25) is 5.01 Å². The van der Waals surface area contributed by atoms with Crippen LogP contribution in [0.15, 0.2) is 35.4 Å². The molecule has 1 heterocycles. The second kappa shape index (κ2) is 4.27. The first-order chi connectivity index (χ1) is 6.88. The maximum atomic E-state index is 4.39. The lowest BCUT2D eigenvalue weighted by Gasteiger charge is -2.15. The number of hydrazone groups is 1. The average Bonchev–Trinajstić information content (AvgIpc) is 2.67. The molecule has 0 radical (unpaired) electrons. The first-order valence-electron chi connectivity index (χ1n) is 5.21. The minimum atomic E-state index is 0.652. The van der Waals surface area contributed by atoms with E-state index in [1.165, 1.54) is 12.0 Å². The fraction of sp³-hybridized carbons (Fsp3) is 0.417. The fourth-order valence-electron chi connectivity index (χ4n) is 1.69. The summed E-state index contributed by atoms with van der Waals surface area (Å²) in [5.74, 6) is 0.652. The molecular weight excluding hydrogens is 172 g/mol. The van der Waals surface area contributed by atoms with Crippen LogP contribution in [0.2, 0.25) is 0 Å². The van der Waals surface area contributed by atoms with Gasteiger partial charge in [0.1, 0.15) is 0 Å². The zero-order chi connectivity index (χ0) is 9.80. The van der Waals surface area contributed by atoms with Crippen molar-refractivity contribution in [3.8, 4) is 0 Å². The Bertz CT molecular complexity index is 305. The summed E-state index contributed by atoms with van der Waals surface area (Å²) in [4.78, 5) is 0. The number of rotatable bonds is 3.